The zero-order chi connectivity index (χ0) is 30.0. The van der Waals surface area contributed by atoms with E-state index in [-0.39, 0.29) is 27.9 Å². The molecule has 3 aromatic carbocycles. The third-order valence-corrected chi connectivity index (χ3v) is 8.72. The van der Waals surface area contributed by atoms with E-state index < -0.39 is 23.7 Å². The summed E-state index contributed by atoms with van der Waals surface area (Å²) in [4.78, 5) is 45.4. The highest BCUT2D eigenvalue weighted by Gasteiger charge is 2.48. The van der Waals surface area contributed by atoms with Crippen molar-refractivity contribution in [2.75, 3.05) is 11.5 Å². The third-order valence-electron chi connectivity index (χ3n) is 6.87. The van der Waals surface area contributed by atoms with Crippen LogP contribution in [0.1, 0.15) is 50.6 Å². The number of nitrogens with zero attached hydrogens (tertiary/aromatic N) is 2. The Kier molecular flexibility index (Phi) is 8.74. The summed E-state index contributed by atoms with van der Waals surface area (Å²) >= 11 is 3.14. The van der Waals surface area contributed by atoms with Crippen LogP contribution in [0.25, 0.3) is 5.76 Å². The molecule has 10 heteroatoms. The normalized spacial score (nSPS) is 16.1. The Morgan fingerprint density at radius 3 is 2.38 bits per heavy atom. The van der Waals surface area contributed by atoms with Crippen molar-refractivity contribution >= 4 is 62.5 Å². The molecule has 0 saturated carbocycles. The lowest BCUT2D eigenvalue weighted by molar-refractivity contribution is -0.132. The van der Waals surface area contributed by atoms with E-state index in [4.69, 9.17) is 9.47 Å². The first kappa shape index (κ1) is 29.5. The molecule has 1 atom stereocenters. The van der Waals surface area contributed by atoms with Crippen molar-refractivity contribution in [3.8, 4) is 5.75 Å². The van der Waals surface area contributed by atoms with Crippen molar-refractivity contribution in [2.45, 2.75) is 33.4 Å². The lowest BCUT2D eigenvalue weighted by Crippen LogP contribution is -2.29. The first-order chi connectivity index (χ1) is 20.2. The van der Waals surface area contributed by atoms with Crippen LogP contribution in [0, 0.1) is 17.4 Å². The zero-order valence-corrected chi connectivity index (χ0v) is 26.1. The number of ketones is 1. The number of carbonyl (C=O) groups excluding carboxylic acids is 3. The summed E-state index contributed by atoms with van der Waals surface area (Å²) in [5, 5.41) is 11.6. The minimum atomic E-state index is -0.959. The second-order valence-electron chi connectivity index (χ2n) is 9.59. The van der Waals surface area contributed by atoms with Gasteiger partial charge in [-0.3, -0.25) is 14.5 Å². The monoisotopic (exact) mass is 694 g/mol. The fraction of sp³-hybridized carbons (Fsp3) is 0.188. The molecule has 42 heavy (non-hydrogen) atoms. The van der Waals surface area contributed by atoms with Gasteiger partial charge in [0.25, 0.3) is 5.78 Å². The molecule has 0 aliphatic carbocycles. The number of aliphatic hydroxyl groups excluding tert-OH is 1. The Morgan fingerprint density at radius 2 is 1.71 bits per heavy atom. The molecule has 4 aromatic rings. The summed E-state index contributed by atoms with van der Waals surface area (Å²) in [7, 11) is 0. The lowest BCUT2D eigenvalue weighted by atomic mass is 9.95. The molecule has 0 radical (unpaired) electrons. The highest BCUT2D eigenvalue weighted by Crippen LogP contribution is 2.44. The standard InChI is InChI=1S/C32H27IN2O6S/c1-4-40-31(39)29-19(3)34-32(42-29)35-26(20-9-13-23(33)14-10-20)25(28(37)30(35)38)27(36)21-11-15-24(16-12-21)41-17-22-8-6-5-7-18(22)2/h5-16,26,36H,4,17H2,1-3H3/b27-25+. The van der Waals surface area contributed by atoms with Gasteiger partial charge < -0.3 is 14.6 Å². The largest absolute Gasteiger partial charge is 0.507 e. The van der Waals surface area contributed by atoms with E-state index in [1.54, 1.807) is 50.2 Å². The number of Topliss-reactive ketones (excluding diaryl/α,β-unsaturated/α-hetero) is 1. The second kappa shape index (κ2) is 12.5. The topological polar surface area (TPSA) is 106 Å². The van der Waals surface area contributed by atoms with Crippen LogP contribution in [0.4, 0.5) is 5.13 Å². The molecule has 2 heterocycles. The minimum absolute atomic E-state index is 0.0691. The number of halogens is 1. The van der Waals surface area contributed by atoms with Gasteiger partial charge in [-0.1, -0.05) is 47.7 Å². The van der Waals surface area contributed by atoms with E-state index in [0.29, 0.717) is 29.2 Å². The molecular formula is C32H27IN2O6S. The number of aryl methyl sites for hydroxylation is 2. The van der Waals surface area contributed by atoms with E-state index in [1.807, 2.05) is 43.3 Å². The quantitative estimate of drug-likeness (QED) is 0.0716. The number of aliphatic hydroxyl groups is 1. The molecule has 1 amide bonds. The molecule has 8 nitrogen and oxygen atoms in total. The number of thiazole rings is 1. The number of anilines is 1. The third kappa shape index (κ3) is 5.82. The molecule has 0 bridgehead atoms. The SMILES string of the molecule is CCOC(=O)c1sc(N2C(=O)C(=O)/C(=C(/O)c3ccc(OCc4ccccc4C)cc3)C2c2ccc(I)cc2)nc1C. The number of esters is 1. The van der Waals surface area contributed by atoms with E-state index in [9.17, 15) is 19.5 Å². The van der Waals surface area contributed by atoms with Gasteiger partial charge >= 0.3 is 11.9 Å². The number of aromatic nitrogens is 1. The van der Waals surface area contributed by atoms with Crippen molar-refractivity contribution in [1.82, 2.24) is 4.98 Å². The van der Waals surface area contributed by atoms with Crippen LogP contribution in [-0.4, -0.2) is 34.4 Å². The summed E-state index contributed by atoms with van der Waals surface area (Å²) in [5.41, 5.74) is 3.47. The summed E-state index contributed by atoms with van der Waals surface area (Å²) in [5.74, 6) is -1.97. The van der Waals surface area contributed by atoms with Crippen molar-refractivity contribution < 1.29 is 29.0 Å². The molecule has 1 N–H and O–H groups in total. The highest BCUT2D eigenvalue weighted by atomic mass is 127. The van der Waals surface area contributed by atoms with Gasteiger partial charge in [0, 0.05) is 9.13 Å². The number of ether oxygens (including phenoxy) is 2. The average Bonchev–Trinajstić information content (AvgIpc) is 3.49. The van der Waals surface area contributed by atoms with E-state index in [1.165, 1.54) is 4.90 Å². The molecule has 1 saturated heterocycles. The van der Waals surface area contributed by atoms with Gasteiger partial charge in [-0.25, -0.2) is 9.78 Å². The van der Waals surface area contributed by atoms with E-state index in [2.05, 4.69) is 27.6 Å². The molecule has 214 valence electrons. The lowest BCUT2D eigenvalue weighted by Gasteiger charge is -2.23. The second-order valence-corrected chi connectivity index (χ2v) is 11.8. The van der Waals surface area contributed by atoms with Crippen molar-refractivity contribution in [2.24, 2.45) is 0 Å². The molecule has 1 aliphatic heterocycles. The van der Waals surface area contributed by atoms with Crippen LogP contribution in [-0.2, 0) is 20.9 Å². The molecule has 0 spiro atoms. The van der Waals surface area contributed by atoms with Crippen LogP contribution in [0.5, 0.6) is 5.75 Å². The van der Waals surface area contributed by atoms with Crippen molar-refractivity contribution in [1.29, 1.82) is 0 Å². The van der Waals surface area contributed by atoms with Crippen LogP contribution in [0.2, 0.25) is 0 Å². The average molecular weight is 695 g/mol. The van der Waals surface area contributed by atoms with E-state index >= 15 is 0 Å². The van der Waals surface area contributed by atoms with Gasteiger partial charge in [0.2, 0.25) is 0 Å². The van der Waals surface area contributed by atoms with Gasteiger partial charge in [0.05, 0.1) is 23.9 Å². The van der Waals surface area contributed by atoms with Crippen LogP contribution < -0.4 is 9.64 Å². The van der Waals surface area contributed by atoms with Crippen LogP contribution in [0.15, 0.2) is 78.4 Å². The Labute approximate surface area is 260 Å². The highest BCUT2D eigenvalue weighted by molar-refractivity contribution is 14.1. The van der Waals surface area contributed by atoms with E-state index in [0.717, 1.165) is 26.0 Å². The Hall–Kier alpha value is -4.03. The Bertz CT molecular complexity index is 1690. The first-order valence-electron chi connectivity index (χ1n) is 13.2. The maximum absolute atomic E-state index is 13.5. The number of carbonyl (C=O) groups is 3. The van der Waals surface area contributed by atoms with Crippen molar-refractivity contribution in [3.05, 3.63) is 115 Å². The summed E-state index contributed by atoms with van der Waals surface area (Å²) in [6.45, 7) is 5.94. The van der Waals surface area contributed by atoms with Gasteiger partial charge in [-0.15, -0.1) is 0 Å². The van der Waals surface area contributed by atoms with Gasteiger partial charge in [-0.2, -0.15) is 0 Å². The Morgan fingerprint density at radius 1 is 1.02 bits per heavy atom. The number of benzene rings is 3. The zero-order valence-electron chi connectivity index (χ0n) is 23.1. The maximum atomic E-state index is 13.5. The number of hydrogen-bond donors (Lipinski definition) is 1. The van der Waals surface area contributed by atoms with Crippen molar-refractivity contribution in [3.63, 3.8) is 0 Å². The Balaban J connectivity index is 1.52. The molecule has 1 aromatic heterocycles. The van der Waals surface area contributed by atoms with Crippen LogP contribution in [0.3, 0.4) is 0 Å². The predicted octanol–water partition coefficient (Wildman–Crippen LogP) is 6.75. The summed E-state index contributed by atoms with van der Waals surface area (Å²) < 4.78 is 12.0. The molecule has 1 unspecified atom stereocenters. The molecule has 1 fully saturated rings. The smallest absolute Gasteiger partial charge is 0.350 e. The van der Waals surface area contributed by atoms with Crippen LogP contribution >= 0.6 is 33.9 Å². The molecule has 5 rings (SSSR count). The summed E-state index contributed by atoms with van der Waals surface area (Å²) in [6.07, 6.45) is 0. The van der Waals surface area contributed by atoms with Gasteiger partial charge in [0.1, 0.15) is 23.0 Å². The molecule has 1 aliphatic rings. The maximum Gasteiger partial charge on any atom is 0.350 e. The molecular weight excluding hydrogens is 667 g/mol. The fourth-order valence-corrected chi connectivity index (χ4v) is 6.01. The number of amides is 1. The number of hydrogen-bond acceptors (Lipinski definition) is 8. The first-order valence-corrected chi connectivity index (χ1v) is 15.1. The summed E-state index contributed by atoms with van der Waals surface area (Å²) in [6, 6.07) is 21.0. The van der Waals surface area contributed by atoms with Gasteiger partial charge in [-0.05, 0) is 96.5 Å². The predicted molar refractivity (Wildman–Crippen MR) is 169 cm³/mol. The van der Waals surface area contributed by atoms with Gasteiger partial charge in [0.15, 0.2) is 5.13 Å². The number of rotatable bonds is 8. The minimum Gasteiger partial charge on any atom is -0.507 e. The fourth-order valence-electron chi connectivity index (χ4n) is 4.66.